The number of hydrogen-bond acceptors (Lipinski definition) is 2. The minimum Gasteiger partial charge on any atom is -0.492 e. The first-order valence-corrected chi connectivity index (χ1v) is 8.08. The highest BCUT2D eigenvalue weighted by Crippen LogP contribution is 2.21. The van der Waals surface area contributed by atoms with Crippen LogP contribution in [0.2, 0.25) is 0 Å². The maximum atomic E-state index is 5.95. The van der Waals surface area contributed by atoms with Crippen molar-refractivity contribution in [1.29, 1.82) is 0 Å². The van der Waals surface area contributed by atoms with Crippen molar-refractivity contribution in [1.82, 2.24) is 5.32 Å². The maximum Gasteiger partial charge on any atom is 0.119 e. The molecule has 1 aromatic carbocycles. The number of hydrogen-bond donors (Lipinski definition) is 1. The molecular formula is C18H31NO. The Bertz CT molecular complexity index is 360. The molecule has 1 N–H and O–H groups in total. The number of likely N-dealkylation sites (N-methyl/N-ethyl adjacent to an activating group) is 1. The summed E-state index contributed by atoms with van der Waals surface area (Å²) in [5.41, 5.74) is 1.39. The van der Waals surface area contributed by atoms with Crippen molar-refractivity contribution in [3.05, 3.63) is 29.8 Å². The van der Waals surface area contributed by atoms with E-state index in [2.05, 4.69) is 64.2 Å². The topological polar surface area (TPSA) is 21.3 Å². The van der Waals surface area contributed by atoms with Gasteiger partial charge in [0.15, 0.2) is 0 Å². The molecule has 0 heterocycles. The highest BCUT2D eigenvalue weighted by molar-refractivity contribution is 5.29. The average molecular weight is 277 g/mol. The van der Waals surface area contributed by atoms with E-state index >= 15 is 0 Å². The monoisotopic (exact) mass is 277 g/mol. The molecule has 0 spiro atoms. The molecule has 0 saturated carbocycles. The Labute approximate surface area is 124 Å². The molecular weight excluding hydrogens is 246 g/mol. The molecule has 3 atom stereocenters. The van der Waals surface area contributed by atoms with Crippen LogP contribution in [0.15, 0.2) is 24.3 Å². The van der Waals surface area contributed by atoms with Gasteiger partial charge in [-0.25, -0.2) is 0 Å². The Morgan fingerprint density at radius 1 is 1.00 bits per heavy atom. The first-order valence-electron chi connectivity index (χ1n) is 8.08. The van der Waals surface area contributed by atoms with Crippen molar-refractivity contribution in [2.45, 2.75) is 59.4 Å². The molecule has 114 valence electrons. The fourth-order valence-electron chi connectivity index (χ4n) is 2.29. The molecule has 2 nitrogen and oxygen atoms in total. The zero-order valence-corrected chi connectivity index (χ0v) is 13.8. The summed E-state index contributed by atoms with van der Waals surface area (Å²) in [7, 11) is 0. The van der Waals surface area contributed by atoms with Crippen LogP contribution in [0.5, 0.6) is 5.75 Å². The Kier molecular flexibility index (Phi) is 7.68. The molecule has 0 fully saturated rings. The van der Waals surface area contributed by atoms with Gasteiger partial charge in [0.05, 0.1) is 0 Å². The lowest BCUT2D eigenvalue weighted by atomic mass is 9.99. The zero-order valence-electron chi connectivity index (χ0n) is 13.8. The molecule has 0 saturated heterocycles. The van der Waals surface area contributed by atoms with E-state index in [9.17, 15) is 0 Å². The molecule has 2 heteroatoms. The summed E-state index contributed by atoms with van der Waals surface area (Å²) in [6, 6.07) is 9.01. The second kappa shape index (κ2) is 9.02. The predicted molar refractivity (Wildman–Crippen MR) is 87.6 cm³/mol. The predicted octanol–water partition coefficient (Wildman–Crippen LogP) is 4.60. The molecule has 1 aromatic rings. The van der Waals surface area contributed by atoms with Gasteiger partial charge >= 0.3 is 0 Å². The lowest BCUT2D eigenvalue weighted by molar-refractivity contribution is 0.222. The van der Waals surface area contributed by atoms with Crippen LogP contribution in [0.1, 0.15) is 58.9 Å². The SMILES string of the molecule is CCNC(COc1ccc(C(C)CC)cc1)C(C)CC. The normalized spacial score (nSPS) is 15.7. The van der Waals surface area contributed by atoms with Gasteiger partial charge in [-0.2, -0.15) is 0 Å². The van der Waals surface area contributed by atoms with Crippen LogP contribution in [-0.4, -0.2) is 19.2 Å². The van der Waals surface area contributed by atoms with E-state index in [4.69, 9.17) is 4.74 Å². The van der Waals surface area contributed by atoms with Crippen molar-refractivity contribution >= 4 is 0 Å². The summed E-state index contributed by atoms with van der Waals surface area (Å²) >= 11 is 0. The summed E-state index contributed by atoms with van der Waals surface area (Å²) < 4.78 is 5.95. The van der Waals surface area contributed by atoms with Crippen molar-refractivity contribution in [2.24, 2.45) is 5.92 Å². The van der Waals surface area contributed by atoms with Gasteiger partial charge in [0.2, 0.25) is 0 Å². The van der Waals surface area contributed by atoms with Crippen LogP contribution in [0, 0.1) is 5.92 Å². The van der Waals surface area contributed by atoms with Crippen molar-refractivity contribution < 1.29 is 4.74 Å². The Morgan fingerprint density at radius 3 is 2.15 bits per heavy atom. The highest BCUT2D eigenvalue weighted by Gasteiger charge is 2.15. The second-order valence-corrected chi connectivity index (χ2v) is 5.74. The van der Waals surface area contributed by atoms with E-state index in [1.165, 1.54) is 18.4 Å². The van der Waals surface area contributed by atoms with E-state index in [1.807, 2.05) is 0 Å². The first-order chi connectivity index (χ1) is 9.62. The average Bonchev–Trinajstić information content (AvgIpc) is 2.50. The molecule has 1 rings (SSSR count). The van der Waals surface area contributed by atoms with E-state index in [1.54, 1.807) is 0 Å². The third-order valence-corrected chi connectivity index (χ3v) is 4.29. The lowest BCUT2D eigenvalue weighted by Gasteiger charge is -2.24. The van der Waals surface area contributed by atoms with E-state index < -0.39 is 0 Å². The quantitative estimate of drug-likeness (QED) is 0.712. The Morgan fingerprint density at radius 2 is 1.65 bits per heavy atom. The number of rotatable bonds is 9. The van der Waals surface area contributed by atoms with Gasteiger partial charge in [0, 0.05) is 6.04 Å². The summed E-state index contributed by atoms with van der Waals surface area (Å²) in [5.74, 6) is 2.23. The van der Waals surface area contributed by atoms with Crippen LogP contribution in [0.25, 0.3) is 0 Å². The van der Waals surface area contributed by atoms with Gasteiger partial charge in [0.25, 0.3) is 0 Å². The fourth-order valence-corrected chi connectivity index (χ4v) is 2.29. The van der Waals surface area contributed by atoms with Crippen LogP contribution in [-0.2, 0) is 0 Å². The summed E-state index contributed by atoms with van der Waals surface area (Å²) in [5, 5.41) is 3.52. The highest BCUT2D eigenvalue weighted by atomic mass is 16.5. The minimum atomic E-state index is 0.430. The van der Waals surface area contributed by atoms with Crippen molar-refractivity contribution in [3.8, 4) is 5.75 Å². The van der Waals surface area contributed by atoms with Gasteiger partial charge in [-0.15, -0.1) is 0 Å². The van der Waals surface area contributed by atoms with Gasteiger partial charge in [-0.05, 0) is 42.5 Å². The van der Waals surface area contributed by atoms with E-state index in [0.29, 0.717) is 17.9 Å². The molecule has 0 bridgehead atoms. The largest absolute Gasteiger partial charge is 0.492 e. The van der Waals surface area contributed by atoms with E-state index in [-0.39, 0.29) is 0 Å². The molecule has 0 aromatic heterocycles. The van der Waals surface area contributed by atoms with Gasteiger partial charge in [-0.3, -0.25) is 0 Å². The van der Waals surface area contributed by atoms with Crippen LogP contribution < -0.4 is 10.1 Å². The van der Waals surface area contributed by atoms with Crippen LogP contribution >= 0.6 is 0 Å². The molecule has 0 amide bonds. The third-order valence-electron chi connectivity index (χ3n) is 4.29. The van der Waals surface area contributed by atoms with Crippen LogP contribution in [0.4, 0.5) is 0 Å². The number of nitrogens with one attached hydrogen (secondary N) is 1. The lowest BCUT2D eigenvalue weighted by Crippen LogP contribution is -2.39. The maximum absolute atomic E-state index is 5.95. The molecule has 3 unspecified atom stereocenters. The third kappa shape index (κ3) is 5.16. The summed E-state index contributed by atoms with van der Waals surface area (Å²) in [6.07, 6.45) is 2.35. The standard InChI is InChI=1S/C18H31NO/c1-6-14(4)16-9-11-17(12-10-16)20-13-18(19-8-3)15(5)7-2/h9-12,14-15,18-19H,6-8,13H2,1-5H3. The zero-order chi connectivity index (χ0) is 15.0. The van der Waals surface area contributed by atoms with Crippen LogP contribution in [0.3, 0.4) is 0 Å². The van der Waals surface area contributed by atoms with Gasteiger partial charge in [-0.1, -0.05) is 53.2 Å². The molecule has 0 radical (unpaired) electrons. The molecule has 20 heavy (non-hydrogen) atoms. The smallest absolute Gasteiger partial charge is 0.119 e. The Hall–Kier alpha value is -1.02. The van der Waals surface area contributed by atoms with Crippen molar-refractivity contribution in [2.75, 3.05) is 13.2 Å². The van der Waals surface area contributed by atoms with Gasteiger partial charge < -0.3 is 10.1 Å². The Balaban J connectivity index is 2.55. The first kappa shape index (κ1) is 17.0. The number of benzene rings is 1. The van der Waals surface area contributed by atoms with E-state index in [0.717, 1.165) is 18.9 Å². The number of ether oxygens (including phenoxy) is 1. The van der Waals surface area contributed by atoms with Gasteiger partial charge in [0.1, 0.15) is 12.4 Å². The van der Waals surface area contributed by atoms with Crippen molar-refractivity contribution in [3.63, 3.8) is 0 Å². The molecule has 0 aliphatic rings. The summed E-state index contributed by atoms with van der Waals surface area (Å²) in [4.78, 5) is 0. The minimum absolute atomic E-state index is 0.430. The second-order valence-electron chi connectivity index (χ2n) is 5.74. The molecule has 0 aliphatic carbocycles. The molecule has 0 aliphatic heterocycles. The fraction of sp³-hybridized carbons (Fsp3) is 0.667. The summed E-state index contributed by atoms with van der Waals surface area (Å²) in [6.45, 7) is 12.9.